The third kappa shape index (κ3) is 2.44. The molecule has 0 saturated heterocycles. The molecule has 16 heavy (non-hydrogen) atoms. The smallest absolute Gasteiger partial charge is 0.331 e. The predicted octanol–water partition coefficient (Wildman–Crippen LogP) is 1.59. The highest BCUT2D eigenvalue weighted by Crippen LogP contribution is 2.36. The standard InChI is InChI=1S/C11H12O5/c1-6(11(14)15)3-7-4-8(12)10(13)9(5-7)16-2/h3-5,12-13H,1-2H3,(H,14,15). The Morgan fingerprint density at radius 2 is 2.00 bits per heavy atom. The maximum atomic E-state index is 10.6. The van der Waals surface area contributed by atoms with Crippen molar-refractivity contribution in [2.75, 3.05) is 7.11 Å². The maximum absolute atomic E-state index is 10.6. The average molecular weight is 224 g/mol. The summed E-state index contributed by atoms with van der Waals surface area (Å²) in [4.78, 5) is 10.6. The second kappa shape index (κ2) is 4.57. The predicted molar refractivity (Wildman–Crippen MR) is 57.6 cm³/mol. The van der Waals surface area contributed by atoms with Gasteiger partial charge in [0.2, 0.25) is 5.75 Å². The van der Waals surface area contributed by atoms with Gasteiger partial charge >= 0.3 is 5.97 Å². The monoisotopic (exact) mass is 224 g/mol. The number of carboxylic acids is 1. The van der Waals surface area contributed by atoms with Crippen LogP contribution in [0.15, 0.2) is 17.7 Å². The highest BCUT2D eigenvalue weighted by Gasteiger charge is 2.09. The lowest BCUT2D eigenvalue weighted by Crippen LogP contribution is -1.95. The first kappa shape index (κ1) is 11.9. The van der Waals surface area contributed by atoms with Crippen LogP contribution in [0.5, 0.6) is 17.2 Å². The highest BCUT2D eigenvalue weighted by molar-refractivity contribution is 5.91. The molecule has 0 fully saturated rings. The third-order valence-electron chi connectivity index (χ3n) is 2.02. The maximum Gasteiger partial charge on any atom is 0.331 e. The Kier molecular flexibility index (Phi) is 3.40. The van der Waals surface area contributed by atoms with Gasteiger partial charge < -0.3 is 20.1 Å². The molecular formula is C11H12O5. The number of carboxylic acid groups (broad SMARTS) is 1. The number of phenolic OH excluding ortho intramolecular Hbond substituents is 2. The summed E-state index contributed by atoms with van der Waals surface area (Å²) in [5, 5.41) is 27.4. The Morgan fingerprint density at radius 3 is 2.50 bits per heavy atom. The van der Waals surface area contributed by atoms with Gasteiger partial charge in [0.25, 0.3) is 0 Å². The molecule has 0 heterocycles. The first-order valence-electron chi connectivity index (χ1n) is 4.47. The highest BCUT2D eigenvalue weighted by atomic mass is 16.5. The summed E-state index contributed by atoms with van der Waals surface area (Å²) in [5.41, 5.74) is 0.555. The van der Waals surface area contributed by atoms with E-state index < -0.39 is 5.97 Å². The van der Waals surface area contributed by atoms with Crippen molar-refractivity contribution in [1.82, 2.24) is 0 Å². The minimum atomic E-state index is -1.05. The van der Waals surface area contributed by atoms with E-state index in [1.807, 2.05) is 0 Å². The van der Waals surface area contributed by atoms with Crippen LogP contribution < -0.4 is 4.74 Å². The zero-order chi connectivity index (χ0) is 12.3. The van der Waals surface area contributed by atoms with E-state index in [1.165, 1.54) is 32.2 Å². The van der Waals surface area contributed by atoms with Gasteiger partial charge in [0.1, 0.15) is 0 Å². The number of ether oxygens (including phenoxy) is 1. The van der Waals surface area contributed by atoms with Crippen molar-refractivity contribution in [2.45, 2.75) is 6.92 Å². The van der Waals surface area contributed by atoms with E-state index in [9.17, 15) is 15.0 Å². The molecule has 0 aliphatic carbocycles. The molecule has 5 heteroatoms. The summed E-state index contributed by atoms with van der Waals surface area (Å²) in [5.74, 6) is -1.69. The Hall–Kier alpha value is -2.17. The van der Waals surface area contributed by atoms with E-state index in [0.29, 0.717) is 5.56 Å². The second-order valence-corrected chi connectivity index (χ2v) is 3.22. The average Bonchev–Trinajstić information content (AvgIpc) is 2.22. The van der Waals surface area contributed by atoms with Crippen LogP contribution in [0.1, 0.15) is 12.5 Å². The molecule has 0 spiro atoms. The number of carbonyl (C=O) groups is 1. The van der Waals surface area contributed by atoms with Crippen LogP contribution in [-0.4, -0.2) is 28.4 Å². The number of benzene rings is 1. The fourth-order valence-corrected chi connectivity index (χ4v) is 1.16. The molecule has 1 aromatic carbocycles. The molecule has 0 unspecified atom stereocenters. The van der Waals surface area contributed by atoms with Gasteiger partial charge in [-0.2, -0.15) is 0 Å². The molecule has 3 N–H and O–H groups in total. The van der Waals surface area contributed by atoms with Gasteiger partial charge in [0, 0.05) is 5.57 Å². The molecule has 1 aromatic rings. The lowest BCUT2D eigenvalue weighted by atomic mass is 10.1. The zero-order valence-corrected chi connectivity index (χ0v) is 8.89. The number of phenols is 2. The van der Waals surface area contributed by atoms with Crippen molar-refractivity contribution < 1.29 is 24.9 Å². The number of aromatic hydroxyl groups is 2. The van der Waals surface area contributed by atoms with Crippen LogP contribution in [0.2, 0.25) is 0 Å². The van der Waals surface area contributed by atoms with Crippen LogP contribution in [0.25, 0.3) is 6.08 Å². The van der Waals surface area contributed by atoms with Gasteiger partial charge in [0.15, 0.2) is 11.5 Å². The van der Waals surface area contributed by atoms with E-state index in [2.05, 4.69) is 0 Å². The van der Waals surface area contributed by atoms with E-state index >= 15 is 0 Å². The van der Waals surface area contributed by atoms with E-state index in [4.69, 9.17) is 9.84 Å². The molecule has 0 aromatic heterocycles. The molecule has 0 saturated carbocycles. The molecule has 0 amide bonds. The largest absolute Gasteiger partial charge is 0.504 e. The van der Waals surface area contributed by atoms with Crippen LogP contribution in [0, 0.1) is 0 Å². The molecule has 0 atom stereocenters. The summed E-state index contributed by atoms with van der Waals surface area (Å²) >= 11 is 0. The normalized spacial score (nSPS) is 11.2. The summed E-state index contributed by atoms with van der Waals surface area (Å²) in [6.45, 7) is 1.43. The molecule has 1 rings (SSSR count). The first-order valence-corrected chi connectivity index (χ1v) is 4.47. The molecule has 0 bridgehead atoms. The Balaban J connectivity index is 3.22. The van der Waals surface area contributed by atoms with Gasteiger partial charge in [-0.1, -0.05) is 0 Å². The first-order chi connectivity index (χ1) is 7.45. The van der Waals surface area contributed by atoms with Crippen molar-refractivity contribution in [2.24, 2.45) is 0 Å². The van der Waals surface area contributed by atoms with Gasteiger partial charge in [-0.25, -0.2) is 4.79 Å². The third-order valence-corrected chi connectivity index (χ3v) is 2.02. The SMILES string of the molecule is COc1cc(C=C(C)C(=O)O)cc(O)c1O. The lowest BCUT2D eigenvalue weighted by Gasteiger charge is -2.06. The Labute approximate surface area is 92.2 Å². The molecule has 5 nitrogen and oxygen atoms in total. The number of methoxy groups -OCH3 is 1. The van der Waals surface area contributed by atoms with Crippen molar-refractivity contribution in [1.29, 1.82) is 0 Å². The minimum Gasteiger partial charge on any atom is -0.504 e. The molecular weight excluding hydrogens is 212 g/mol. The van der Waals surface area contributed by atoms with Crippen LogP contribution in [0.4, 0.5) is 0 Å². The van der Waals surface area contributed by atoms with Crippen molar-refractivity contribution in [3.05, 3.63) is 23.3 Å². The summed E-state index contributed by atoms with van der Waals surface area (Å²) in [6.07, 6.45) is 1.37. The summed E-state index contributed by atoms with van der Waals surface area (Å²) < 4.78 is 4.82. The number of rotatable bonds is 3. The summed E-state index contributed by atoms with van der Waals surface area (Å²) in [6, 6.07) is 2.69. The molecule has 0 aliphatic heterocycles. The number of hydrogen-bond acceptors (Lipinski definition) is 4. The van der Waals surface area contributed by atoms with Gasteiger partial charge in [-0.3, -0.25) is 0 Å². The van der Waals surface area contributed by atoms with Crippen molar-refractivity contribution in [3.63, 3.8) is 0 Å². The van der Waals surface area contributed by atoms with E-state index in [0.717, 1.165) is 0 Å². The Bertz CT molecular complexity index is 448. The quantitative estimate of drug-likeness (QED) is 0.536. The fraction of sp³-hybridized carbons (Fsp3) is 0.182. The van der Waals surface area contributed by atoms with Crippen molar-refractivity contribution >= 4 is 12.0 Å². The van der Waals surface area contributed by atoms with Crippen LogP contribution in [0.3, 0.4) is 0 Å². The van der Waals surface area contributed by atoms with Gasteiger partial charge in [-0.15, -0.1) is 0 Å². The molecule has 0 radical (unpaired) electrons. The number of hydrogen-bond donors (Lipinski definition) is 3. The lowest BCUT2D eigenvalue weighted by molar-refractivity contribution is -0.132. The van der Waals surface area contributed by atoms with E-state index in [1.54, 1.807) is 0 Å². The van der Waals surface area contributed by atoms with Gasteiger partial charge in [0.05, 0.1) is 7.11 Å². The topological polar surface area (TPSA) is 87.0 Å². The summed E-state index contributed by atoms with van der Waals surface area (Å²) in [7, 11) is 1.34. The fourth-order valence-electron chi connectivity index (χ4n) is 1.16. The second-order valence-electron chi connectivity index (χ2n) is 3.22. The minimum absolute atomic E-state index is 0.0874. The zero-order valence-electron chi connectivity index (χ0n) is 8.89. The van der Waals surface area contributed by atoms with E-state index in [-0.39, 0.29) is 22.8 Å². The molecule has 0 aliphatic rings. The number of aliphatic carboxylic acids is 1. The van der Waals surface area contributed by atoms with Crippen LogP contribution in [-0.2, 0) is 4.79 Å². The Morgan fingerprint density at radius 1 is 1.38 bits per heavy atom. The molecule has 86 valence electrons. The van der Waals surface area contributed by atoms with Gasteiger partial charge in [-0.05, 0) is 30.7 Å². The van der Waals surface area contributed by atoms with Crippen molar-refractivity contribution in [3.8, 4) is 17.2 Å². The van der Waals surface area contributed by atoms with Crippen LogP contribution >= 0.6 is 0 Å².